The highest BCUT2D eigenvalue weighted by Crippen LogP contribution is 2.27. The lowest BCUT2D eigenvalue weighted by molar-refractivity contribution is -0.142. The van der Waals surface area contributed by atoms with Gasteiger partial charge in [0, 0.05) is 24.1 Å². The van der Waals surface area contributed by atoms with Gasteiger partial charge in [-0.25, -0.2) is 4.79 Å². The van der Waals surface area contributed by atoms with Crippen molar-refractivity contribution in [1.82, 2.24) is 4.90 Å². The van der Waals surface area contributed by atoms with Crippen LogP contribution in [0.1, 0.15) is 42.0 Å². The van der Waals surface area contributed by atoms with Crippen LogP contribution in [0.2, 0.25) is 0 Å². The van der Waals surface area contributed by atoms with Gasteiger partial charge in [0.05, 0.1) is 17.4 Å². The SMILES string of the molecule is C[C@](Cc1ccccc1)(N=C(c1ccccc1)c1ccccc1NC(=O)[C@@H]1CCCN1Cc1ccccc1)C(=O)O. The summed E-state index contributed by atoms with van der Waals surface area (Å²) in [6.07, 6.45) is 1.97. The molecule has 2 N–H and O–H groups in total. The van der Waals surface area contributed by atoms with E-state index in [9.17, 15) is 14.7 Å². The van der Waals surface area contributed by atoms with Gasteiger partial charge in [-0.15, -0.1) is 0 Å². The molecule has 0 saturated carbocycles. The van der Waals surface area contributed by atoms with Crippen LogP contribution in [0.25, 0.3) is 0 Å². The van der Waals surface area contributed by atoms with E-state index in [-0.39, 0.29) is 18.4 Å². The van der Waals surface area contributed by atoms with Crippen molar-refractivity contribution < 1.29 is 14.7 Å². The Labute approximate surface area is 241 Å². The molecule has 1 fully saturated rings. The first kappa shape index (κ1) is 28.0. The zero-order valence-electron chi connectivity index (χ0n) is 23.2. The van der Waals surface area contributed by atoms with Crippen LogP contribution in [0.15, 0.2) is 120 Å². The highest BCUT2D eigenvalue weighted by atomic mass is 16.4. The molecular weight excluding hydrogens is 510 g/mol. The van der Waals surface area contributed by atoms with Crippen molar-refractivity contribution in [2.45, 2.75) is 44.3 Å². The maximum absolute atomic E-state index is 13.7. The molecule has 2 atom stereocenters. The molecule has 1 amide bonds. The molecule has 1 saturated heterocycles. The van der Waals surface area contributed by atoms with E-state index in [2.05, 4.69) is 22.3 Å². The van der Waals surface area contributed by atoms with Crippen LogP contribution in [0, 0.1) is 0 Å². The number of anilines is 1. The predicted molar refractivity (Wildman–Crippen MR) is 163 cm³/mol. The minimum atomic E-state index is -1.43. The van der Waals surface area contributed by atoms with Gasteiger partial charge in [-0.1, -0.05) is 109 Å². The van der Waals surface area contributed by atoms with Crippen LogP contribution >= 0.6 is 0 Å². The van der Waals surface area contributed by atoms with Gasteiger partial charge in [-0.3, -0.25) is 14.7 Å². The number of carbonyl (C=O) groups excluding carboxylic acids is 1. The first-order chi connectivity index (χ1) is 19.9. The predicted octanol–water partition coefficient (Wildman–Crippen LogP) is 6.21. The third-order valence-electron chi connectivity index (χ3n) is 7.59. The summed E-state index contributed by atoms with van der Waals surface area (Å²) in [5.41, 5.74) is 3.23. The van der Waals surface area contributed by atoms with Gasteiger partial charge in [0.2, 0.25) is 5.91 Å². The Kier molecular flexibility index (Phi) is 8.70. The number of aliphatic carboxylic acids is 1. The maximum Gasteiger partial charge on any atom is 0.331 e. The van der Waals surface area contributed by atoms with Crippen molar-refractivity contribution in [3.63, 3.8) is 0 Å². The molecule has 0 bridgehead atoms. The standard InChI is InChI=1S/C35H35N3O3/c1-35(34(40)41,24-26-14-5-2-6-15-26)37-32(28-18-9-4-10-19-28)29-20-11-12-21-30(29)36-33(39)31-22-13-23-38(31)25-27-16-7-3-8-17-27/h2-12,14-21,31H,13,22-25H2,1H3,(H,36,39)(H,40,41)/t31-,35+/m0/s1. The van der Waals surface area contributed by atoms with E-state index in [1.807, 2.05) is 103 Å². The van der Waals surface area contributed by atoms with E-state index in [0.29, 0.717) is 23.5 Å². The summed E-state index contributed by atoms with van der Waals surface area (Å²) < 4.78 is 0. The monoisotopic (exact) mass is 545 g/mol. The minimum Gasteiger partial charge on any atom is -0.479 e. The minimum absolute atomic E-state index is 0.0661. The number of aliphatic imine (C=N–C) groups is 1. The molecule has 1 heterocycles. The molecule has 1 aliphatic heterocycles. The molecule has 0 radical (unpaired) electrons. The fraction of sp³-hybridized carbons (Fsp3) is 0.229. The lowest BCUT2D eigenvalue weighted by Crippen LogP contribution is -2.39. The van der Waals surface area contributed by atoms with Gasteiger partial charge in [0.25, 0.3) is 0 Å². The number of carboxylic acid groups (broad SMARTS) is 1. The molecular formula is C35H35N3O3. The third-order valence-corrected chi connectivity index (χ3v) is 7.59. The molecule has 5 rings (SSSR count). The molecule has 1 aliphatic rings. The number of likely N-dealkylation sites (tertiary alicyclic amines) is 1. The molecule has 208 valence electrons. The van der Waals surface area contributed by atoms with E-state index in [1.165, 1.54) is 5.56 Å². The Morgan fingerprint density at radius 3 is 2.10 bits per heavy atom. The summed E-state index contributed by atoms with van der Waals surface area (Å²) in [5.74, 6) is -1.08. The van der Waals surface area contributed by atoms with E-state index in [1.54, 1.807) is 6.92 Å². The number of hydrogen-bond donors (Lipinski definition) is 2. The topological polar surface area (TPSA) is 82.0 Å². The normalized spacial score (nSPS) is 17.1. The van der Waals surface area contributed by atoms with Crippen molar-refractivity contribution in [3.8, 4) is 0 Å². The fourth-order valence-corrected chi connectivity index (χ4v) is 5.42. The number of nitrogens with zero attached hydrogens (tertiary/aromatic N) is 2. The molecule has 6 heteroatoms. The van der Waals surface area contributed by atoms with E-state index < -0.39 is 11.5 Å². The average molecular weight is 546 g/mol. The maximum atomic E-state index is 13.7. The Bertz CT molecular complexity index is 1510. The molecule has 41 heavy (non-hydrogen) atoms. The number of benzene rings is 4. The molecule has 0 aromatic heterocycles. The first-order valence-corrected chi connectivity index (χ1v) is 14.0. The Morgan fingerprint density at radius 1 is 0.854 bits per heavy atom. The van der Waals surface area contributed by atoms with Crippen molar-refractivity contribution in [1.29, 1.82) is 0 Å². The summed E-state index contributed by atoms with van der Waals surface area (Å²) in [6, 6.07) is 36.5. The zero-order valence-corrected chi connectivity index (χ0v) is 23.2. The van der Waals surface area contributed by atoms with Gasteiger partial charge < -0.3 is 10.4 Å². The van der Waals surface area contributed by atoms with Crippen molar-refractivity contribution in [2.24, 2.45) is 4.99 Å². The number of hydrogen-bond acceptors (Lipinski definition) is 4. The second-order valence-corrected chi connectivity index (χ2v) is 10.7. The van der Waals surface area contributed by atoms with Crippen molar-refractivity contribution in [2.75, 3.05) is 11.9 Å². The highest BCUT2D eigenvalue weighted by molar-refractivity contribution is 6.18. The molecule has 4 aromatic rings. The van der Waals surface area contributed by atoms with Gasteiger partial charge >= 0.3 is 5.97 Å². The van der Waals surface area contributed by atoms with Crippen molar-refractivity contribution >= 4 is 23.3 Å². The summed E-state index contributed by atoms with van der Waals surface area (Å²) in [7, 11) is 0. The summed E-state index contributed by atoms with van der Waals surface area (Å²) >= 11 is 0. The smallest absolute Gasteiger partial charge is 0.331 e. The highest BCUT2D eigenvalue weighted by Gasteiger charge is 2.35. The second-order valence-electron chi connectivity index (χ2n) is 10.7. The van der Waals surface area contributed by atoms with Crippen molar-refractivity contribution in [3.05, 3.63) is 138 Å². The number of nitrogens with one attached hydrogen (secondary N) is 1. The second kappa shape index (κ2) is 12.7. The van der Waals surface area contributed by atoms with Crippen LogP contribution in [-0.4, -0.2) is 45.7 Å². The number of para-hydroxylation sites is 1. The number of rotatable bonds is 10. The number of amides is 1. The Hall–Kier alpha value is -4.55. The summed E-state index contributed by atoms with van der Waals surface area (Å²) in [6.45, 7) is 3.22. The van der Waals surface area contributed by atoms with Gasteiger partial charge in [0.1, 0.15) is 0 Å². The fourth-order valence-electron chi connectivity index (χ4n) is 5.42. The molecule has 4 aromatic carbocycles. The van der Waals surface area contributed by atoms with Crippen LogP contribution in [0.4, 0.5) is 5.69 Å². The Morgan fingerprint density at radius 2 is 1.44 bits per heavy atom. The Balaban J connectivity index is 1.49. The average Bonchev–Trinajstić information content (AvgIpc) is 3.46. The van der Waals surface area contributed by atoms with Crippen LogP contribution in [0.3, 0.4) is 0 Å². The van der Waals surface area contributed by atoms with Crippen LogP contribution in [-0.2, 0) is 22.6 Å². The van der Waals surface area contributed by atoms with Gasteiger partial charge in [0.15, 0.2) is 5.54 Å². The summed E-state index contributed by atoms with van der Waals surface area (Å²) in [4.78, 5) is 33.5. The van der Waals surface area contributed by atoms with Gasteiger partial charge in [-0.2, -0.15) is 0 Å². The summed E-state index contributed by atoms with van der Waals surface area (Å²) in [5, 5.41) is 13.5. The van der Waals surface area contributed by atoms with Gasteiger partial charge in [-0.05, 0) is 43.5 Å². The largest absolute Gasteiger partial charge is 0.479 e. The van der Waals surface area contributed by atoms with E-state index in [4.69, 9.17) is 4.99 Å². The number of carboxylic acids is 1. The molecule has 0 aliphatic carbocycles. The molecule has 0 spiro atoms. The van der Waals surface area contributed by atoms with Crippen LogP contribution in [0.5, 0.6) is 0 Å². The third kappa shape index (κ3) is 6.79. The van der Waals surface area contributed by atoms with E-state index in [0.717, 1.165) is 30.5 Å². The van der Waals surface area contributed by atoms with Crippen LogP contribution < -0.4 is 5.32 Å². The zero-order chi connectivity index (χ0) is 28.7. The lowest BCUT2D eigenvalue weighted by Gasteiger charge is -2.25. The molecule has 0 unspecified atom stereocenters. The number of carbonyl (C=O) groups is 2. The van der Waals surface area contributed by atoms with E-state index >= 15 is 0 Å². The lowest BCUT2D eigenvalue weighted by atomic mass is 9.91. The molecule has 6 nitrogen and oxygen atoms in total. The first-order valence-electron chi connectivity index (χ1n) is 14.0. The quantitative estimate of drug-likeness (QED) is 0.232.